The summed E-state index contributed by atoms with van der Waals surface area (Å²) >= 11 is 0. The molecule has 25 heavy (non-hydrogen) atoms. The fourth-order valence-corrected chi connectivity index (χ4v) is 3.04. The molecule has 1 aliphatic heterocycles. The highest BCUT2D eigenvalue weighted by molar-refractivity contribution is 5.80. The third kappa shape index (κ3) is 6.49. The molecule has 1 aromatic rings. The van der Waals surface area contributed by atoms with E-state index < -0.39 is 6.61 Å². The van der Waals surface area contributed by atoms with E-state index in [4.69, 9.17) is 0 Å². The molecule has 1 fully saturated rings. The van der Waals surface area contributed by atoms with Crippen molar-refractivity contribution in [2.24, 2.45) is 4.99 Å². The summed E-state index contributed by atoms with van der Waals surface area (Å²) in [6.07, 6.45) is 3.33. The van der Waals surface area contributed by atoms with E-state index in [2.05, 4.69) is 32.2 Å². The summed E-state index contributed by atoms with van der Waals surface area (Å²) in [7, 11) is 1.71. The molecule has 0 bridgehead atoms. The maximum absolute atomic E-state index is 12.5. The molecule has 1 aliphatic rings. The van der Waals surface area contributed by atoms with Crippen LogP contribution in [0.5, 0.6) is 5.75 Å². The summed E-state index contributed by atoms with van der Waals surface area (Å²) < 4.78 is 29.5. The number of nitrogens with zero attached hydrogens (tertiary/aromatic N) is 2. The Morgan fingerprint density at radius 1 is 1.32 bits per heavy atom. The Labute approximate surface area is 148 Å². The number of aliphatic imine (C=N–C) groups is 1. The summed E-state index contributed by atoms with van der Waals surface area (Å²) in [6.45, 7) is 3.08. The second-order valence-electron chi connectivity index (χ2n) is 6.17. The largest absolute Gasteiger partial charge is 0.434 e. The van der Waals surface area contributed by atoms with Crippen LogP contribution < -0.4 is 15.4 Å². The first-order chi connectivity index (χ1) is 12.1. The second-order valence-corrected chi connectivity index (χ2v) is 6.17. The summed E-state index contributed by atoms with van der Waals surface area (Å²) in [5, 5.41) is 6.61. The summed E-state index contributed by atoms with van der Waals surface area (Å²) in [6, 6.07) is 7.17. The van der Waals surface area contributed by atoms with E-state index in [1.807, 2.05) is 0 Å². The number of piperidine rings is 1. The Balaban J connectivity index is 1.83. The van der Waals surface area contributed by atoms with Crippen LogP contribution in [0.1, 0.15) is 31.7 Å². The highest BCUT2D eigenvalue weighted by Gasteiger charge is 2.19. The first-order valence-corrected chi connectivity index (χ1v) is 8.84. The lowest BCUT2D eigenvalue weighted by molar-refractivity contribution is -0.0504. The number of guanidine groups is 1. The van der Waals surface area contributed by atoms with Gasteiger partial charge in [0.05, 0.1) is 0 Å². The van der Waals surface area contributed by atoms with Gasteiger partial charge >= 0.3 is 6.61 Å². The van der Waals surface area contributed by atoms with Gasteiger partial charge in [-0.2, -0.15) is 8.78 Å². The number of hydrogen-bond acceptors (Lipinski definition) is 3. The standard InChI is InChI=1S/C18H28F2N4O/c1-3-10-24-11-8-15(9-12-24)23-18(21-2)22-13-14-6-4-5-7-16(14)25-17(19)20/h4-7,15,17H,3,8-13H2,1-2H3,(H2,21,22,23). The minimum atomic E-state index is -2.83. The summed E-state index contributed by atoms with van der Waals surface area (Å²) in [5.41, 5.74) is 0.670. The average Bonchev–Trinajstić information content (AvgIpc) is 2.61. The van der Waals surface area contributed by atoms with Gasteiger partial charge < -0.3 is 20.3 Å². The van der Waals surface area contributed by atoms with E-state index >= 15 is 0 Å². The fourth-order valence-electron chi connectivity index (χ4n) is 3.04. The van der Waals surface area contributed by atoms with E-state index in [9.17, 15) is 8.78 Å². The Morgan fingerprint density at radius 3 is 2.68 bits per heavy atom. The maximum atomic E-state index is 12.5. The summed E-state index contributed by atoms with van der Waals surface area (Å²) in [4.78, 5) is 6.71. The average molecular weight is 354 g/mol. The lowest BCUT2D eigenvalue weighted by atomic mass is 10.1. The van der Waals surface area contributed by atoms with Gasteiger partial charge in [0.15, 0.2) is 5.96 Å². The molecular formula is C18H28F2N4O. The van der Waals surface area contributed by atoms with Gasteiger partial charge in [0.25, 0.3) is 0 Å². The van der Waals surface area contributed by atoms with Crippen LogP contribution in [0.15, 0.2) is 29.3 Å². The number of hydrogen-bond donors (Lipinski definition) is 2. The van der Waals surface area contributed by atoms with E-state index in [0.29, 0.717) is 24.1 Å². The number of ether oxygens (including phenoxy) is 1. The Morgan fingerprint density at radius 2 is 2.04 bits per heavy atom. The number of para-hydroxylation sites is 1. The molecule has 0 radical (unpaired) electrons. The van der Waals surface area contributed by atoms with Crippen LogP contribution in [0.25, 0.3) is 0 Å². The number of halogens is 2. The van der Waals surface area contributed by atoms with E-state index in [1.54, 1.807) is 31.3 Å². The van der Waals surface area contributed by atoms with Gasteiger partial charge in [-0.1, -0.05) is 25.1 Å². The first-order valence-electron chi connectivity index (χ1n) is 8.84. The molecule has 0 aliphatic carbocycles. The van der Waals surface area contributed by atoms with Crippen molar-refractivity contribution in [2.45, 2.75) is 45.4 Å². The van der Waals surface area contributed by atoms with Gasteiger partial charge in [0.2, 0.25) is 0 Å². The zero-order valence-electron chi connectivity index (χ0n) is 15.0. The van der Waals surface area contributed by atoms with Crippen LogP contribution in [-0.4, -0.2) is 50.2 Å². The zero-order chi connectivity index (χ0) is 18.1. The Bertz CT molecular complexity index is 546. The van der Waals surface area contributed by atoms with Gasteiger partial charge in [0.1, 0.15) is 5.75 Å². The fraction of sp³-hybridized carbons (Fsp3) is 0.611. The molecule has 2 rings (SSSR count). The molecule has 1 heterocycles. The predicted octanol–water partition coefficient (Wildman–Crippen LogP) is 2.83. The van der Waals surface area contributed by atoms with E-state index in [0.717, 1.165) is 32.5 Å². The first kappa shape index (κ1) is 19.4. The minimum absolute atomic E-state index is 0.188. The van der Waals surface area contributed by atoms with E-state index in [1.165, 1.54) is 6.42 Å². The van der Waals surface area contributed by atoms with Crippen molar-refractivity contribution < 1.29 is 13.5 Å². The second kappa shape index (κ2) is 10.2. The molecule has 0 saturated carbocycles. The van der Waals surface area contributed by atoms with Gasteiger partial charge in [-0.15, -0.1) is 0 Å². The Kier molecular flexibility index (Phi) is 7.91. The van der Waals surface area contributed by atoms with Gasteiger partial charge in [-0.05, 0) is 31.9 Å². The zero-order valence-corrected chi connectivity index (χ0v) is 15.0. The molecule has 2 N–H and O–H groups in total. The smallest absolute Gasteiger partial charge is 0.387 e. The summed E-state index contributed by atoms with van der Waals surface area (Å²) in [5.74, 6) is 0.870. The lowest BCUT2D eigenvalue weighted by Gasteiger charge is -2.32. The third-order valence-electron chi connectivity index (χ3n) is 4.33. The SMILES string of the molecule is CCCN1CCC(NC(=NC)NCc2ccccc2OC(F)F)CC1. The Hall–Kier alpha value is -1.89. The predicted molar refractivity (Wildman–Crippen MR) is 96.2 cm³/mol. The molecule has 0 spiro atoms. The van der Waals surface area contributed by atoms with Crippen molar-refractivity contribution in [3.05, 3.63) is 29.8 Å². The number of benzene rings is 1. The van der Waals surface area contributed by atoms with Crippen LogP contribution in [0.3, 0.4) is 0 Å². The van der Waals surface area contributed by atoms with Crippen molar-refractivity contribution in [3.8, 4) is 5.75 Å². The van der Waals surface area contributed by atoms with Gasteiger partial charge in [-0.25, -0.2) is 0 Å². The molecule has 0 amide bonds. The molecule has 0 atom stereocenters. The van der Waals surface area contributed by atoms with Crippen molar-refractivity contribution in [1.29, 1.82) is 0 Å². The minimum Gasteiger partial charge on any atom is -0.434 e. The van der Waals surface area contributed by atoms with Crippen molar-refractivity contribution >= 4 is 5.96 Å². The van der Waals surface area contributed by atoms with Crippen LogP contribution in [0.2, 0.25) is 0 Å². The molecule has 5 nitrogen and oxygen atoms in total. The van der Waals surface area contributed by atoms with Gasteiger partial charge in [-0.3, -0.25) is 4.99 Å². The number of rotatable bonds is 7. The molecule has 0 aromatic heterocycles. The number of nitrogens with one attached hydrogen (secondary N) is 2. The van der Waals surface area contributed by atoms with Crippen LogP contribution in [0.4, 0.5) is 8.78 Å². The third-order valence-corrected chi connectivity index (χ3v) is 4.33. The van der Waals surface area contributed by atoms with Crippen molar-refractivity contribution in [2.75, 3.05) is 26.7 Å². The number of alkyl halides is 2. The molecular weight excluding hydrogens is 326 g/mol. The normalized spacial score (nSPS) is 16.9. The maximum Gasteiger partial charge on any atom is 0.387 e. The monoisotopic (exact) mass is 354 g/mol. The molecule has 1 saturated heterocycles. The van der Waals surface area contributed by atoms with Crippen molar-refractivity contribution in [3.63, 3.8) is 0 Å². The van der Waals surface area contributed by atoms with E-state index in [-0.39, 0.29) is 5.75 Å². The molecule has 7 heteroatoms. The van der Waals surface area contributed by atoms with Crippen LogP contribution in [-0.2, 0) is 6.54 Å². The quantitative estimate of drug-likeness (QED) is 0.584. The molecule has 0 unspecified atom stereocenters. The van der Waals surface area contributed by atoms with Crippen LogP contribution in [0, 0.1) is 0 Å². The molecule has 140 valence electrons. The number of likely N-dealkylation sites (tertiary alicyclic amines) is 1. The highest BCUT2D eigenvalue weighted by Crippen LogP contribution is 2.20. The molecule has 1 aromatic carbocycles. The van der Waals surface area contributed by atoms with Crippen LogP contribution >= 0.6 is 0 Å². The van der Waals surface area contributed by atoms with Crippen molar-refractivity contribution in [1.82, 2.24) is 15.5 Å². The topological polar surface area (TPSA) is 48.9 Å². The lowest BCUT2D eigenvalue weighted by Crippen LogP contribution is -2.48. The van der Waals surface area contributed by atoms with Gasteiger partial charge in [0, 0.05) is 38.3 Å². The highest BCUT2D eigenvalue weighted by atomic mass is 19.3.